The number of fused-ring (bicyclic) bond motifs is 4. The summed E-state index contributed by atoms with van der Waals surface area (Å²) in [6, 6.07) is 6.70. The van der Waals surface area contributed by atoms with Crippen LogP contribution >= 0.6 is 0 Å². The third-order valence-corrected chi connectivity index (χ3v) is 8.18. The second-order valence-electron chi connectivity index (χ2n) is 10.5. The summed E-state index contributed by atoms with van der Waals surface area (Å²) >= 11 is 0. The Morgan fingerprint density at radius 2 is 1.93 bits per heavy atom. The van der Waals surface area contributed by atoms with Crippen molar-refractivity contribution in [3.05, 3.63) is 35.3 Å². The number of nitrogens with two attached hydrogens (primary N) is 1. The fourth-order valence-electron chi connectivity index (χ4n) is 5.55. The normalized spacial score (nSPS) is 31.2. The number of rotatable bonds is 2. The van der Waals surface area contributed by atoms with E-state index >= 15 is 0 Å². The lowest BCUT2D eigenvalue weighted by Gasteiger charge is -2.32. The van der Waals surface area contributed by atoms with Gasteiger partial charge in [-0.2, -0.15) is 0 Å². The van der Waals surface area contributed by atoms with Gasteiger partial charge in [0.1, 0.15) is 0 Å². The molecule has 29 heavy (non-hydrogen) atoms. The van der Waals surface area contributed by atoms with Gasteiger partial charge < -0.3 is 19.6 Å². The van der Waals surface area contributed by atoms with Crippen molar-refractivity contribution in [3.63, 3.8) is 0 Å². The molecule has 2 saturated heterocycles. The Bertz CT molecular complexity index is 982. The third kappa shape index (κ3) is 2.55. The first kappa shape index (κ1) is 18.2. The lowest BCUT2D eigenvalue weighted by Crippen LogP contribution is -2.88. The monoisotopic (exact) mass is 392 g/mol. The molecule has 152 valence electrons. The van der Waals surface area contributed by atoms with Crippen LogP contribution in [0.5, 0.6) is 0 Å². The highest BCUT2D eigenvalue weighted by atomic mass is 16.7. The number of aromatic nitrogens is 2. The number of imidazole rings is 1. The zero-order chi connectivity index (χ0) is 20.0. The van der Waals surface area contributed by atoms with Crippen molar-refractivity contribution < 1.29 is 14.6 Å². The summed E-state index contributed by atoms with van der Waals surface area (Å²) in [7, 11) is -0.304. The summed E-state index contributed by atoms with van der Waals surface area (Å²) in [5.41, 5.74) is 5.90. The van der Waals surface area contributed by atoms with Crippen LogP contribution in [0.2, 0.25) is 0 Å². The van der Waals surface area contributed by atoms with E-state index in [2.05, 4.69) is 56.2 Å². The van der Waals surface area contributed by atoms with E-state index in [9.17, 15) is 0 Å². The summed E-state index contributed by atoms with van der Waals surface area (Å²) in [4.78, 5) is 8.91. The molecule has 0 spiro atoms. The van der Waals surface area contributed by atoms with Crippen molar-refractivity contribution >= 4 is 12.6 Å². The molecule has 1 saturated carbocycles. The number of aromatic amines is 1. The highest BCUT2D eigenvalue weighted by molar-refractivity contribution is 6.62. The molecule has 2 unspecified atom stereocenters. The minimum Gasteiger partial charge on any atom is -0.399 e. The molecule has 2 aromatic rings. The van der Waals surface area contributed by atoms with E-state index in [1.165, 1.54) is 47.7 Å². The minimum atomic E-state index is -0.313. The quantitative estimate of drug-likeness (QED) is 0.769. The first-order chi connectivity index (χ1) is 13.8. The SMILES string of the molecule is CC1(C)OB(c2ccc3c(c2)CCCc2[nH]c(C45CC4CC[NH2+]5)nc2-3)OC1(C)C. The standard InChI is InChI=1S/C23H30BN3O2/c1-21(2)22(3,4)29-24(28-21)16-8-9-17-14(12-16)6-5-7-18-19(17)27-20(26-18)23-13-15(23)10-11-25-23/h8-9,12,15,25H,5-7,10-11,13H2,1-4H3,(H,26,27)/p+1. The predicted molar refractivity (Wildman–Crippen MR) is 113 cm³/mol. The van der Waals surface area contributed by atoms with Gasteiger partial charge in [-0.25, -0.2) is 4.98 Å². The molecule has 1 aromatic heterocycles. The Hall–Kier alpha value is -1.63. The first-order valence-electron chi connectivity index (χ1n) is 11.2. The van der Waals surface area contributed by atoms with Gasteiger partial charge in [0.25, 0.3) is 0 Å². The molecular formula is C23H31BN3O2+. The Morgan fingerprint density at radius 3 is 2.62 bits per heavy atom. The summed E-state index contributed by atoms with van der Waals surface area (Å²) in [6.45, 7) is 9.68. The second-order valence-corrected chi connectivity index (χ2v) is 10.5. The molecule has 2 atom stereocenters. The van der Waals surface area contributed by atoms with Crippen LogP contribution in [0, 0.1) is 5.92 Å². The highest BCUT2D eigenvalue weighted by Crippen LogP contribution is 2.52. The van der Waals surface area contributed by atoms with Gasteiger partial charge in [-0.15, -0.1) is 0 Å². The van der Waals surface area contributed by atoms with Crippen molar-refractivity contribution in [2.75, 3.05) is 6.54 Å². The number of aryl methyl sites for hydroxylation is 2. The number of benzene rings is 1. The number of H-pyrrole nitrogens is 1. The first-order valence-corrected chi connectivity index (χ1v) is 11.2. The Labute approximate surface area is 173 Å². The summed E-state index contributed by atoms with van der Waals surface area (Å²) in [6.07, 6.45) is 5.91. The maximum Gasteiger partial charge on any atom is 0.494 e. The summed E-state index contributed by atoms with van der Waals surface area (Å²) < 4.78 is 12.6. The number of quaternary nitrogens is 1. The van der Waals surface area contributed by atoms with Crippen LogP contribution in [0.1, 0.15) is 64.0 Å². The zero-order valence-corrected chi connectivity index (χ0v) is 18.0. The van der Waals surface area contributed by atoms with Gasteiger partial charge in [0.05, 0.1) is 23.4 Å². The third-order valence-electron chi connectivity index (χ3n) is 8.18. The lowest BCUT2D eigenvalue weighted by atomic mass is 9.77. The van der Waals surface area contributed by atoms with Gasteiger partial charge >= 0.3 is 7.12 Å². The average molecular weight is 392 g/mol. The number of hydrogen-bond donors (Lipinski definition) is 2. The van der Waals surface area contributed by atoms with E-state index in [4.69, 9.17) is 14.3 Å². The molecule has 0 amide bonds. The van der Waals surface area contributed by atoms with E-state index in [1.54, 1.807) is 0 Å². The molecule has 2 aliphatic heterocycles. The highest BCUT2D eigenvalue weighted by Gasteiger charge is 2.65. The van der Waals surface area contributed by atoms with Crippen molar-refractivity contribution in [3.8, 4) is 11.3 Å². The van der Waals surface area contributed by atoms with Crippen LogP contribution < -0.4 is 10.8 Å². The van der Waals surface area contributed by atoms with Crippen molar-refractivity contribution in [1.29, 1.82) is 0 Å². The van der Waals surface area contributed by atoms with Crippen molar-refractivity contribution in [2.24, 2.45) is 5.92 Å². The van der Waals surface area contributed by atoms with Gasteiger partial charge in [-0.05, 0) is 58.0 Å². The minimum absolute atomic E-state index is 0.259. The van der Waals surface area contributed by atoms with Crippen LogP contribution in [0.3, 0.4) is 0 Å². The summed E-state index contributed by atoms with van der Waals surface area (Å²) in [5, 5.41) is 2.51. The smallest absolute Gasteiger partial charge is 0.399 e. The van der Waals surface area contributed by atoms with Gasteiger partial charge in [-0.3, -0.25) is 0 Å². The topological polar surface area (TPSA) is 63.8 Å². The molecule has 0 radical (unpaired) electrons. The molecule has 6 rings (SSSR count). The Balaban J connectivity index is 1.36. The maximum absolute atomic E-state index is 6.28. The van der Waals surface area contributed by atoms with Gasteiger partial charge in [0, 0.05) is 30.0 Å². The van der Waals surface area contributed by atoms with Crippen LogP contribution in [-0.2, 0) is 27.7 Å². The summed E-state index contributed by atoms with van der Waals surface area (Å²) in [5.74, 6) is 2.04. The molecule has 5 nitrogen and oxygen atoms in total. The number of nitrogens with one attached hydrogen (secondary N) is 1. The van der Waals surface area contributed by atoms with Gasteiger partial charge in [0.2, 0.25) is 0 Å². The molecule has 1 aromatic carbocycles. The Morgan fingerprint density at radius 1 is 1.14 bits per heavy atom. The molecule has 3 fully saturated rings. The van der Waals surface area contributed by atoms with Crippen molar-refractivity contribution in [2.45, 2.75) is 76.5 Å². The molecule has 3 N–H and O–H groups in total. The predicted octanol–water partition coefficient (Wildman–Crippen LogP) is 2.05. The molecule has 6 heteroatoms. The van der Waals surface area contributed by atoms with Crippen LogP contribution in [0.4, 0.5) is 0 Å². The maximum atomic E-state index is 6.28. The zero-order valence-electron chi connectivity index (χ0n) is 18.0. The van der Waals surface area contributed by atoms with E-state index < -0.39 is 0 Å². The molecule has 2 aliphatic carbocycles. The number of hydrogen-bond acceptors (Lipinski definition) is 3. The fraction of sp³-hybridized carbons (Fsp3) is 0.609. The fourth-order valence-corrected chi connectivity index (χ4v) is 5.55. The number of nitrogens with zero attached hydrogens (tertiary/aromatic N) is 1. The van der Waals surface area contributed by atoms with Crippen molar-refractivity contribution in [1.82, 2.24) is 9.97 Å². The van der Waals surface area contributed by atoms with Crippen LogP contribution in [0.25, 0.3) is 11.3 Å². The molecule has 4 aliphatic rings. The number of piperidine rings is 1. The van der Waals surface area contributed by atoms with E-state index in [0.717, 1.165) is 30.6 Å². The van der Waals surface area contributed by atoms with Gasteiger partial charge in [-0.1, -0.05) is 18.2 Å². The Kier molecular flexibility index (Phi) is 3.60. The van der Waals surface area contributed by atoms with E-state index in [1.807, 2.05) is 0 Å². The van der Waals surface area contributed by atoms with Crippen LogP contribution in [-0.4, -0.2) is 34.8 Å². The van der Waals surface area contributed by atoms with E-state index in [-0.39, 0.29) is 23.9 Å². The van der Waals surface area contributed by atoms with Gasteiger partial charge in [0.15, 0.2) is 11.4 Å². The average Bonchev–Trinajstić information content (AvgIpc) is 2.94. The van der Waals surface area contributed by atoms with E-state index in [0.29, 0.717) is 0 Å². The lowest BCUT2D eigenvalue weighted by molar-refractivity contribution is -0.699. The molecule has 0 bridgehead atoms. The largest absolute Gasteiger partial charge is 0.494 e. The second kappa shape index (κ2) is 5.74. The van der Waals surface area contributed by atoms with Crippen LogP contribution in [0.15, 0.2) is 18.2 Å². The molecular weight excluding hydrogens is 361 g/mol. The molecule has 3 heterocycles.